The number of halogens is 2. The summed E-state index contributed by atoms with van der Waals surface area (Å²) in [4.78, 5) is 10.5. The average molecular weight is 286 g/mol. The maximum atomic E-state index is 13.4. The van der Waals surface area contributed by atoms with E-state index < -0.39 is 5.82 Å². The molecule has 0 amide bonds. The zero-order valence-electron chi connectivity index (χ0n) is 10.5. The van der Waals surface area contributed by atoms with Gasteiger partial charge in [0, 0.05) is 18.2 Å². The summed E-state index contributed by atoms with van der Waals surface area (Å²) >= 11 is 0. The highest BCUT2D eigenvalue weighted by molar-refractivity contribution is 5.85. The molecule has 2 aliphatic heterocycles. The maximum Gasteiger partial charge on any atom is 0.152 e. The third-order valence-corrected chi connectivity index (χ3v) is 3.83. The fourth-order valence-electron chi connectivity index (χ4n) is 2.97. The Morgan fingerprint density at radius 2 is 1.95 bits per heavy atom. The molecular formula is C14H17ClFNO2. The van der Waals surface area contributed by atoms with Crippen LogP contribution in [0.15, 0.2) is 18.2 Å². The smallest absolute Gasteiger partial charge is 0.152 e. The second-order valence-electron chi connectivity index (χ2n) is 5.15. The Labute approximate surface area is 117 Å². The summed E-state index contributed by atoms with van der Waals surface area (Å²) in [7, 11) is 0. The summed E-state index contributed by atoms with van der Waals surface area (Å²) in [5, 5.41) is 3.54. The number of aldehydes is 1. The van der Waals surface area contributed by atoms with Crippen molar-refractivity contribution in [2.24, 2.45) is 0 Å². The van der Waals surface area contributed by atoms with Crippen LogP contribution in [-0.2, 0) is 0 Å². The van der Waals surface area contributed by atoms with Crippen molar-refractivity contribution in [1.82, 2.24) is 5.32 Å². The van der Waals surface area contributed by atoms with Crippen molar-refractivity contribution >= 4 is 18.7 Å². The summed E-state index contributed by atoms with van der Waals surface area (Å²) in [5.41, 5.74) is 0.0766. The molecule has 1 aromatic rings. The number of hydrogen-bond acceptors (Lipinski definition) is 3. The molecule has 2 aliphatic rings. The number of hydrogen-bond donors (Lipinski definition) is 1. The predicted octanol–water partition coefficient (Wildman–Crippen LogP) is 2.72. The summed E-state index contributed by atoms with van der Waals surface area (Å²) < 4.78 is 19.3. The molecule has 1 N–H and O–H groups in total. The molecule has 0 spiro atoms. The van der Waals surface area contributed by atoms with Gasteiger partial charge in [0.1, 0.15) is 17.7 Å². The Balaban J connectivity index is 0.00000133. The Bertz CT molecular complexity index is 457. The van der Waals surface area contributed by atoms with Crippen LogP contribution in [0, 0.1) is 5.82 Å². The van der Waals surface area contributed by atoms with Crippen molar-refractivity contribution < 1.29 is 13.9 Å². The van der Waals surface area contributed by atoms with Gasteiger partial charge in [0.25, 0.3) is 0 Å². The van der Waals surface area contributed by atoms with Gasteiger partial charge in [0.15, 0.2) is 6.29 Å². The first kappa shape index (κ1) is 14.3. The quantitative estimate of drug-likeness (QED) is 0.868. The molecule has 2 heterocycles. The summed E-state index contributed by atoms with van der Waals surface area (Å²) in [6.07, 6.45) is 5.06. The minimum absolute atomic E-state index is 0. The molecule has 1 aromatic carbocycles. The molecule has 3 nitrogen and oxygen atoms in total. The van der Waals surface area contributed by atoms with Gasteiger partial charge in [-0.25, -0.2) is 4.39 Å². The third kappa shape index (κ3) is 3.07. The zero-order chi connectivity index (χ0) is 12.5. The van der Waals surface area contributed by atoms with E-state index >= 15 is 0 Å². The van der Waals surface area contributed by atoms with Gasteiger partial charge < -0.3 is 10.1 Å². The van der Waals surface area contributed by atoms with Gasteiger partial charge in [0.05, 0.1) is 5.56 Å². The SMILES string of the molecule is Cl.O=Cc1ccc(OC2CC3CC[C@@H](C2)N3)cc1F. The van der Waals surface area contributed by atoms with E-state index in [0.717, 1.165) is 12.8 Å². The molecule has 2 saturated heterocycles. The van der Waals surface area contributed by atoms with Crippen LogP contribution in [0.4, 0.5) is 4.39 Å². The van der Waals surface area contributed by atoms with Crippen molar-refractivity contribution in [2.75, 3.05) is 0 Å². The van der Waals surface area contributed by atoms with Crippen LogP contribution in [0.3, 0.4) is 0 Å². The topological polar surface area (TPSA) is 38.3 Å². The van der Waals surface area contributed by atoms with E-state index in [-0.39, 0.29) is 24.1 Å². The maximum absolute atomic E-state index is 13.4. The number of rotatable bonds is 3. The summed E-state index contributed by atoms with van der Waals surface area (Å²) in [6, 6.07) is 5.53. The molecule has 0 saturated carbocycles. The van der Waals surface area contributed by atoms with Crippen molar-refractivity contribution in [3.8, 4) is 5.75 Å². The minimum Gasteiger partial charge on any atom is -0.490 e. The Hall–Kier alpha value is -1.13. The van der Waals surface area contributed by atoms with E-state index in [1.807, 2.05) is 0 Å². The molecule has 2 fully saturated rings. The fraction of sp³-hybridized carbons (Fsp3) is 0.500. The first-order valence-corrected chi connectivity index (χ1v) is 6.42. The fourth-order valence-corrected chi connectivity index (χ4v) is 2.97. The number of carbonyl (C=O) groups excluding carboxylic acids is 1. The van der Waals surface area contributed by atoms with Gasteiger partial charge in [-0.15, -0.1) is 12.4 Å². The number of nitrogens with one attached hydrogen (secondary N) is 1. The van der Waals surface area contributed by atoms with Crippen molar-refractivity contribution in [3.05, 3.63) is 29.6 Å². The Morgan fingerprint density at radius 3 is 2.53 bits per heavy atom. The standard InChI is InChI=1S/C14H16FNO2.ClH/c15-14-7-12(4-1-9(14)8-17)18-13-5-10-2-3-11(6-13)16-10;/h1,4,7-8,10-11,13,16H,2-3,5-6H2;1H/t10-,11?,13?;/m0./s1. The van der Waals surface area contributed by atoms with Crippen LogP contribution in [0.1, 0.15) is 36.0 Å². The molecule has 3 rings (SSSR count). The molecule has 19 heavy (non-hydrogen) atoms. The van der Waals surface area contributed by atoms with Crippen molar-refractivity contribution in [2.45, 2.75) is 43.9 Å². The number of piperidine rings is 1. The zero-order valence-corrected chi connectivity index (χ0v) is 11.3. The molecule has 0 radical (unpaired) electrons. The van der Waals surface area contributed by atoms with Gasteiger partial charge in [-0.1, -0.05) is 0 Å². The lowest BCUT2D eigenvalue weighted by molar-refractivity contribution is 0.111. The van der Waals surface area contributed by atoms with E-state index in [1.54, 1.807) is 6.07 Å². The molecule has 104 valence electrons. The Kier molecular flexibility index (Phi) is 4.42. The first-order chi connectivity index (χ1) is 8.74. The second-order valence-corrected chi connectivity index (χ2v) is 5.15. The minimum atomic E-state index is -0.514. The van der Waals surface area contributed by atoms with E-state index in [2.05, 4.69) is 5.32 Å². The van der Waals surface area contributed by atoms with Crippen molar-refractivity contribution in [1.29, 1.82) is 0 Å². The van der Waals surface area contributed by atoms with Gasteiger partial charge in [-0.2, -0.15) is 0 Å². The van der Waals surface area contributed by atoms with Crippen LogP contribution >= 0.6 is 12.4 Å². The highest BCUT2D eigenvalue weighted by Gasteiger charge is 2.34. The number of benzene rings is 1. The van der Waals surface area contributed by atoms with Crippen molar-refractivity contribution in [3.63, 3.8) is 0 Å². The van der Waals surface area contributed by atoms with Gasteiger partial charge in [-0.3, -0.25) is 4.79 Å². The normalized spacial score (nSPS) is 28.6. The van der Waals surface area contributed by atoms with Crippen LogP contribution in [0.25, 0.3) is 0 Å². The third-order valence-electron chi connectivity index (χ3n) is 3.83. The van der Waals surface area contributed by atoms with E-state index in [4.69, 9.17) is 4.74 Å². The van der Waals surface area contributed by atoms with E-state index in [0.29, 0.717) is 24.1 Å². The monoisotopic (exact) mass is 285 g/mol. The number of carbonyl (C=O) groups is 1. The molecular weight excluding hydrogens is 269 g/mol. The molecule has 0 aromatic heterocycles. The average Bonchev–Trinajstić information content (AvgIpc) is 2.69. The molecule has 0 aliphatic carbocycles. The van der Waals surface area contributed by atoms with Crippen LogP contribution < -0.4 is 10.1 Å². The van der Waals surface area contributed by atoms with Crippen LogP contribution in [0.2, 0.25) is 0 Å². The van der Waals surface area contributed by atoms with Gasteiger partial charge in [-0.05, 0) is 37.8 Å². The summed E-state index contributed by atoms with van der Waals surface area (Å²) in [5.74, 6) is 0.00352. The Morgan fingerprint density at radius 1 is 1.26 bits per heavy atom. The highest BCUT2D eigenvalue weighted by Crippen LogP contribution is 2.29. The molecule has 3 atom stereocenters. The molecule has 2 unspecified atom stereocenters. The lowest BCUT2D eigenvalue weighted by atomic mass is 10.0. The van der Waals surface area contributed by atoms with Crippen LogP contribution in [-0.4, -0.2) is 24.5 Å². The summed E-state index contributed by atoms with van der Waals surface area (Å²) in [6.45, 7) is 0. The van der Waals surface area contributed by atoms with Gasteiger partial charge in [0.2, 0.25) is 0 Å². The predicted molar refractivity (Wildman–Crippen MR) is 72.6 cm³/mol. The number of fused-ring (bicyclic) bond motifs is 2. The number of ether oxygens (including phenoxy) is 1. The van der Waals surface area contributed by atoms with E-state index in [1.165, 1.54) is 25.0 Å². The lowest BCUT2D eigenvalue weighted by Gasteiger charge is -2.29. The lowest BCUT2D eigenvalue weighted by Crippen LogP contribution is -2.42. The first-order valence-electron chi connectivity index (χ1n) is 6.42. The molecule has 2 bridgehead atoms. The van der Waals surface area contributed by atoms with Crippen LogP contribution in [0.5, 0.6) is 5.75 Å². The largest absolute Gasteiger partial charge is 0.490 e. The second kappa shape index (κ2) is 5.88. The highest BCUT2D eigenvalue weighted by atomic mass is 35.5. The van der Waals surface area contributed by atoms with E-state index in [9.17, 15) is 9.18 Å². The molecule has 5 heteroatoms. The van der Waals surface area contributed by atoms with Gasteiger partial charge >= 0.3 is 0 Å².